The Labute approximate surface area is 174 Å². The number of sulfone groups is 1. The molecule has 2 N–H and O–H groups in total. The molecule has 1 aliphatic rings. The van der Waals surface area contributed by atoms with Crippen LogP contribution in [0.5, 0.6) is 0 Å². The highest BCUT2D eigenvalue weighted by Crippen LogP contribution is 2.41. The largest absolute Gasteiger partial charge is 0.337 e. The molecular weight excluding hydrogens is 409 g/mol. The minimum absolute atomic E-state index is 0.173. The van der Waals surface area contributed by atoms with E-state index in [2.05, 4.69) is 4.31 Å². The first-order valence-corrected chi connectivity index (χ1v) is 11.9. The molecule has 0 spiro atoms. The van der Waals surface area contributed by atoms with Crippen molar-refractivity contribution in [2.75, 3.05) is 19.6 Å². The van der Waals surface area contributed by atoms with Gasteiger partial charge in [0.05, 0.1) is 5.52 Å². The summed E-state index contributed by atoms with van der Waals surface area (Å²) in [5.74, 6) is -0.221. The van der Waals surface area contributed by atoms with Gasteiger partial charge in [0.25, 0.3) is 0 Å². The third-order valence-electron chi connectivity index (χ3n) is 5.53. The molecule has 8 heteroatoms. The molecule has 1 aromatic heterocycles. The summed E-state index contributed by atoms with van der Waals surface area (Å²) in [4.78, 5) is -0.119. The Kier molecular flexibility index (Phi) is 5.70. The van der Waals surface area contributed by atoms with E-state index in [0.29, 0.717) is 22.9 Å². The molecule has 0 amide bonds. The third kappa shape index (κ3) is 3.70. The zero-order valence-electron chi connectivity index (χ0n) is 16.2. The lowest BCUT2D eigenvalue weighted by Crippen LogP contribution is -2.32. The lowest BCUT2D eigenvalue weighted by atomic mass is 9.99. The lowest BCUT2D eigenvalue weighted by molar-refractivity contribution is 0.296. The van der Waals surface area contributed by atoms with Crippen LogP contribution in [0, 0.1) is 11.7 Å². The fourth-order valence-electron chi connectivity index (χ4n) is 3.83. The van der Waals surface area contributed by atoms with Crippen LogP contribution in [0.15, 0.2) is 63.3 Å². The molecule has 2 aromatic carbocycles. The lowest BCUT2D eigenvalue weighted by Gasteiger charge is -2.30. The van der Waals surface area contributed by atoms with E-state index in [0.717, 1.165) is 31.4 Å². The fraction of sp³-hybridized carbons (Fsp3) is 0.333. The number of nitrogens with two attached hydrogens (primary N) is 1. The molecule has 29 heavy (non-hydrogen) atoms. The smallest absolute Gasteiger partial charge is 0.212 e. The maximum atomic E-state index is 14.4. The highest BCUT2D eigenvalue weighted by molar-refractivity contribution is 7.98. The van der Waals surface area contributed by atoms with Gasteiger partial charge in [0.1, 0.15) is 20.6 Å². The third-order valence-corrected chi connectivity index (χ3v) is 8.79. The van der Waals surface area contributed by atoms with Crippen LogP contribution in [0.2, 0.25) is 0 Å². The number of piperidine rings is 1. The summed E-state index contributed by atoms with van der Waals surface area (Å²) in [6.07, 6.45) is 1.98. The van der Waals surface area contributed by atoms with Crippen LogP contribution in [0.1, 0.15) is 12.8 Å². The summed E-state index contributed by atoms with van der Waals surface area (Å²) in [7, 11) is -2.18. The van der Waals surface area contributed by atoms with Crippen molar-refractivity contribution >= 4 is 32.7 Å². The maximum Gasteiger partial charge on any atom is 0.212 e. The number of fused-ring (bicyclic) bond motifs is 1. The van der Waals surface area contributed by atoms with Crippen molar-refractivity contribution in [3.63, 3.8) is 0 Å². The van der Waals surface area contributed by atoms with Gasteiger partial charge in [-0.15, -0.1) is 0 Å². The first kappa shape index (κ1) is 20.4. The zero-order chi connectivity index (χ0) is 20.6. The summed E-state index contributed by atoms with van der Waals surface area (Å²) in [6.45, 7) is 2.36. The number of aromatic nitrogens is 1. The normalized spacial score (nSPS) is 16.5. The molecule has 3 aromatic rings. The highest BCUT2D eigenvalue weighted by atomic mass is 32.2. The van der Waals surface area contributed by atoms with Crippen LogP contribution in [0.3, 0.4) is 0 Å². The van der Waals surface area contributed by atoms with Gasteiger partial charge in [-0.2, -0.15) is 0 Å². The van der Waals surface area contributed by atoms with Crippen molar-refractivity contribution in [3.05, 3.63) is 54.3 Å². The number of para-hydroxylation sites is 1. The SMILES string of the molecule is Cn1c(SN2CCC(CN)CC2)c(S(=O)(=O)c2ccccc2F)c2ccccc21. The molecule has 4 rings (SSSR count). The molecule has 5 nitrogen and oxygen atoms in total. The second-order valence-electron chi connectivity index (χ2n) is 7.34. The van der Waals surface area contributed by atoms with Gasteiger partial charge in [0.15, 0.2) is 0 Å². The average molecular weight is 434 g/mol. The van der Waals surface area contributed by atoms with E-state index in [4.69, 9.17) is 5.73 Å². The van der Waals surface area contributed by atoms with Crippen molar-refractivity contribution in [1.29, 1.82) is 0 Å². The number of hydrogen-bond donors (Lipinski definition) is 1. The summed E-state index contributed by atoms with van der Waals surface area (Å²) < 4.78 is 45.6. The van der Waals surface area contributed by atoms with E-state index >= 15 is 0 Å². The van der Waals surface area contributed by atoms with Gasteiger partial charge in [-0.3, -0.25) is 0 Å². The van der Waals surface area contributed by atoms with E-state index < -0.39 is 15.7 Å². The Bertz CT molecular complexity index is 1140. The second-order valence-corrected chi connectivity index (χ2v) is 10.3. The van der Waals surface area contributed by atoms with Crippen molar-refractivity contribution < 1.29 is 12.8 Å². The van der Waals surface area contributed by atoms with Crippen molar-refractivity contribution in [2.45, 2.75) is 27.7 Å². The Balaban J connectivity index is 1.83. The maximum absolute atomic E-state index is 14.4. The monoisotopic (exact) mass is 433 g/mol. The first-order valence-electron chi connectivity index (χ1n) is 9.63. The molecule has 1 fully saturated rings. The predicted octanol–water partition coefficient (Wildman–Crippen LogP) is 3.83. The molecule has 0 unspecified atom stereocenters. The Morgan fingerprint density at radius 2 is 1.76 bits per heavy atom. The van der Waals surface area contributed by atoms with E-state index in [1.54, 1.807) is 12.1 Å². The van der Waals surface area contributed by atoms with Crippen LogP contribution in [0.25, 0.3) is 10.9 Å². The average Bonchev–Trinajstić information content (AvgIpc) is 3.01. The minimum atomic E-state index is -4.04. The van der Waals surface area contributed by atoms with Gasteiger partial charge in [-0.05, 0) is 55.5 Å². The number of hydrogen-bond acceptors (Lipinski definition) is 5. The first-order chi connectivity index (χ1) is 13.9. The molecule has 0 saturated carbocycles. The van der Waals surface area contributed by atoms with E-state index in [-0.39, 0.29) is 9.79 Å². The van der Waals surface area contributed by atoms with E-state index in [1.165, 1.54) is 30.1 Å². The zero-order valence-corrected chi connectivity index (χ0v) is 17.8. The van der Waals surface area contributed by atoms with E-state index in [1.807, 2.05) is 29.8 Å². The Morgan fingerprint density at radius 3 is 2.45 bits per heavy atom. The number of benzene rings is 2. The van der Waals surface area contributed by atoms with Crippen molar-refractivity contribution in [2.24, 2.45) is 18.7 Å². The Morgan fingerprint density at radius 1 is 1.10 bits per heavy atom. The predicted molar refractivity (Wildman–Crippen MR) is 114 cm³/mol. The summed E-state index contributed by atoms with van der Waals surface area (Å²) >= 11 is 1.44. The quantitative estimate of drug-likeness (QED) is 0.620. The molecule has 2 heterocycles. The topological polar surface area (TPSA) is 68.3 Å². The second kappa shape index (κ2) is 8.10. The van der Waals surface area contributed by atoms with Crippen LogP contribution in [-0.4, -0.2) is 36.9 Å². The van der Waals surface area contributed by atoms with Gasteiger partial charge >= 0.3 is 0 Å². The summed E-state index contributed by atoms with van der Waals surface area (Å²) in [5, 5.41) is 1.22. The molecule has 0 aliphatic carbocycles. The fourth-order valence-corrected chi connectivity index (χ4v) is 6.95. The standard InChI is InChI=1S/C21H24FN3O2S2/c1-24-18-8-4-2-6-16(18)20(29(26,27)19-9-5-3-7-17(19)22)21(24)28-25-12-10-15(14-23)11-13-25/h2-9,15H,10-14,23H2,1H3. The molecule has 154 valence electrons. The number of rotatable bonds is 5. The molecule has 1 aliphatic heterocycles. The minimum Gasteiger partial charge on any atom is -0.337 e. The van der Waals surface area contributed by atoms with Gasteiger partial charge < -0.3 is 10.3 Å². The Hall–Kier alpha value is -1.87. The molecular formula is C21H24FN3O2S2. The van der Waals surface area contributed by atoms with Crippen LogP contribution < -0.4 is 5.73 Å². The van der Waals surface area contributed by atoms with Crippen LogP contribution in [-0.2, 0) is 16.9 Å². The highest BCUT2D eigenvalue weighted by Gasteiger charge is 2.32. The summed E-state index contributed by atoms with van der Waals surface area (Å²) in [5.41, 5.74) is 6.60. The molecule has 0 atom stereocenters. The van der Waals surface area contributed by atoms with Crippen molar-refractivity contribution in [3.8, 4) is 0 Å². The molecule has 0 bridgehead atoms. The van der Waals surface area contributed by atoms with Crippen molar-refractivity contribution in [1.82, 2.24) is 8.87 Å². The van der Waals surface area contributed by atoms with Gasteiger partial charge in [0, 0.05) is 25.5 Å². The summed E-state index contributed by atoms with van der Waals surface area (Å²) in [6, 6.07) is 12.9. The van der Waals surface area contributed by atoms with Gasteiger partial charge in [-0.1, -0.05) is 30.3 Å². The molecule has 1 saturated heterocycles. The molecule has 0 radical (unpaired) electrons. The number of aryl methyl sites for hydroxylation is 1. The van der Waals surface area contributed by atoms with Gasteiger partial charge in [-0.25, -0.2) is 17.1 Å². The van der Waals surface area contributed by atoms with Crippen LogP contribution >= 0.6 is 11.9 Å². The van der Waals surface area contributed by atoms with Gasteiger partial charge in [0.2, 0.25) is 9.84 Å². The number of nitrogens with zero attached hydrogens (tertiary/aromatic N) is 2. The number of halogens is 1. The van der Waals surface area contributed by atoms with Crippen LogP contribution in [0.4, 0.5) is 4.39 Å². The van der Waals surface area contributed by atoms with E-state index in [9.17, 15) is 12.8 Å².